The summed E-state index contributed by atoms with van der Waals surface area (Å²) in [6.45, 7) is 1.79. The van der Waals surface area contributed by atoms with E-state index in [0.29, 0.717) is 25.8 Å². The molecular formula is C21H40N8O8. The fourth-order valence-corrected chi connectivity index (χ4v) is 3.14. The summed E-state index contributed by atoms with van der Waals surface area (Å²) in [5.74, 6) is -5.36. The fraction of sp³-hybridized carbons (Fsp3) is 0.714. The number of rotatable bonds is 19. The van der Waals surface area contributed by atoms with Gasteiger partial charge in [-0.25, -0.2) is 4.79 Å². The minimum Gasteiger partial charge on any atom is -0.481 e. The number of aliphatic hydroxyl groups excluding tert-OH is 1. The van der Waals surface area contributed by atoms with Gasteiger partial charge in [0.1, 0.15) is 18.1 Å². The molecule has 0 aromatic carbocycles. The first kappa shape index (κ1) is 33.5. The van der Waals surface area contributed by atoms with E-state index in [-0.39, 0.29) is 31.8 Å². The molecule has 0 aromatic rings. The molecule has 3 amide bonds. The van der Waals surface area contributed by atoms with Crippen LogP contribution in [-0.2, 0) is 24.0 Å². The first-order valence-electron chi connectivity index (χ1n) is 11.8. The monoisotopic (exact) mass is 532 g/mol. The zero-order chi connectivity index (χ0) is 28.5. The number of nitrogens with one attached hydrogen (secondary N) is 3. The summed E-state index contributed by atoms with van der Waals surface area (Å²) in [6, 6.07) is -5.32. The highest BCUT2D eigenvalue weighted by atomic mass is 16.4. The Balaban J connectivity index is 5.37. The molecule has 5 atom stereocenters. The lowest BCUT2D eigenvalue weighted by molar-refractivity contribution is -0.143. The summed E-state index contributed by atoms with van der Waals surface area (Å²) in [6.07, 6.45) is -0.739. The summed E-state index contributed by atoms with van der Waals surface area (Å²) in [7, 11) is 0. The van der Waals surface area contributed by atoms with Gasteiger partial charge < -0.3 is 54.2 Å². The van der Waals surface area contributed by atoms with E-state index < -0.39 is 66.4 Å². The second kappa shape index (κ2) is 17.9. The molecule has 0 aromatic heterocycles. The number of hydrogen-bond donors (Lipinski definition) is 10. The molecule has 0 heterocycles. The maximum Gasteiger partial charge on any atom is 0.326 e. The highest BCUT2D eigenvalue weighted by molar-refractivity contribution is 5.94. The summed E-state index contributed by atoms with van der Waals surface area (Å²) < 4.78 is 0. The number of carbonyl (C=O) groups excluding carboxylic acids is 3. The Morgan fingerprint density at radius 2 is 1.46 bits per heavy atom. The number of carbonyl (C=O) groups is 5. The summed E-state index contributed by atoms with van der Waals surface area (Å²) in [4.78, 5) is 64.3. The van der Waals surface area contributed by atoms with E-state index >= 15 is 0 Å². The number of carboxylic acid groups (broad SMARTS) is 2. The molecule has 16 nitrogen and oxygen atoms in total. The van der Waals surface area contributed by atoms with Crippen LogP contribution in [0.2, 0.25) is 0 Å². The van der Waals surface area contributed by atoms with Crippen LogP contribution in [0.3, 0.4) is 0 Å². The quantitative estimate of drug-likeness (QED) is 0.0436. The van der Waals surface area contributed by atoms with Crippen LogP contribution in [0.4, 0.5) is 0 Å². The predicted octanol–water partition coefficient (Wildman–Crippen LogP) is -3.72. The zero-order valence-electron chi connectivity index (χ0n) is 20.9. The van der Waals surface area contributed by atoms with Crippen LogP contribution < -0.4 is 38.9 Å². The van der Waals surface area contributed by atoms with Gasteiger partial charge in [0.25, 0.3) is 0 Å². The molecule has 0 bridgehead atoms. The van der Waals surface area contributed by atoms with Gasteiger partial charge in [0, 0.05) is 13.0 Å². The van der Waals surface area contributed by atoms with Gasteiger partial charge in [-0.15, -0.1) is 0 Å². The van der Waals surface area contributed by atoms with Gasteiger partial charge in [-0.3, -0.25) is 24.2 Å². The number of unbranched alkanes of at least 4 members (excludes halogenated alkanes) is 1. The number of guanidine groups is 1. The van der Waals surface area contributed by atoms with Crippen LogP contribution in [0, 0.1) is 0 Å². The summed E-state index contributed by atoms with van der Waals surface area (Å²) in [5.41, 5.74) is 21.7. The van der Waals surface area contributed by atoms with Crippen molar-refractivity contribution in [3.8, 4) is 0 Å². The van der Waals surface area contributed by atoms with Crippen LogP contribution in [0.15, 0.2) is 4.99 Å². The second-order valence-electron chi connectivity index (χ2n) is 8.46. The average molecular weight is 533 g/mol. The van der Waals surface area contributed by atoms with E-state index in [2.05, 4.69) is 20.9 Å². The Hall–Kier alpha value is -3.50. The van der Waals surface area contributed by atoms with Crippen LogP contribution in [0.5, 0.6) is 0 Å². The molecule has 212 valence electrons. The standard InChI is InChI=1S/C21H40N8O8/c1-11(30)16(29-17(33)12(23)5-4-10-26-21(24)25)19(35)27-13(7-8-15(31)32)18(34)28-14(20(36)37)6-2-3-9-22/h11-14,16,30H,2-10,22-23H2,1H3,(H,27,35)(H,28,34)(H,29,33)(H,31,32)(H,36,37)(H4,24,25,26). The van der Waals surface area contributed by atoms with Crippen molar-refractivity contribution in [2.24, 2.45) is 27.9 Å². The maximum atomic E-state index is 12.8. The van der Waals surface area contributed by atoms with E-state index in [1.54, 1.807) is 0 Å². The SMILES string of the molecule is CC(O)C(NC(=O)C(N)CCCN=C(N)N)C(=O)NC(CCC(=O)O)C(=O)NC(CCCCN)C(=O)O. The Morgan fingerprint density at radius 1 is 0.838 bits per heavy atom. The number of aliphatic carboxylic acids is 2. The van der Waals surface area contributed by atoms with Crippen molar-refractivity contribution in [1.82, 2.24) is 16.0 Å². The second-order valence-corrected chi connectivity index (χ2v) is 8.46. The first-order chi connectivity index (χ1) is 17.3. The molecule has 37 heavy (non-hydrogen) atoms. The molecule has 14 N–H and O–H groups in total. The van der Waals surface area contributed by atoms with Crippen LogP contribution >= 0.6 is 0 Å². The van der Waals surface area contributed by atoms with Crippen molar-refractivity contribution >= 4 is 35.6 Å². The number of hydrogen-bond acceptors (Lipinski definition) is 9. The summed E-state index contributed by atoms with van der Waals surface area (Å²) in [5, 5.41) is 35.3. The minimum absolute atomic E-state index is 0.0747. The largest absolute Gasteiger partial charge is 0.481 e. The van der Waals surface area contributed by atoms with Crippen molar-refractivity contribution < 1.29 is 39.3 Å². The topological polar surface area (TPSA) is 299 Å². The third-order valence-electron chi connectivity index (χ3n) is 5.21. The molecule has 0 aliphatic carbocycles. The lowest BCUT2D eigenvalue weighted by atomic mass is 10.1. The zero-order valence-corrected chi connectivity index (χ0v) is 20.9. The molecular weight excluding hydrogens is 492 g/mol. The maximum absolute atomic E-state index is 12.8. The van der Waals surface area contributed by atoms with Gasteiger partial charge in [0.15, 0.2) is 5.96 Å². The number of nitrogens with two attached hydrogens (primary N) is 4. The predicted molar refractivity (Wildman–Crippen MR) is 133 cm³/mol. The first-order valence-corrected chi connectivity index (χ1v) is 11.8. The molecule has 0 radical (unpaired) electrons. The molecule has 0 aliphatic heterocycles. The normalized spacial score (nSPS) is 14.8. The Labute approximate surface area is 214 Å². The van der Waals surface area contributed by atoms with E-state index in [1.807, 2.05) is 0 Å². The average Bonchev–Trinajstić information content (AvgIpc) is 2.80. The van der Waals surface area contributed by atoms with Gasteiger partial charge in [-0.1, -0.05) is 0 Å². The molecule has 16 heteroatoms. The van der Waals surface area contributed by atoms with Crippen LogP contribution in [-0.4, -0.2) is 94.3 Å². The minimum atomic E-state index is -1.53. The van der Waals surface area contributed by atoms with Crippen molar-refractivity contribution in [3.05, 3.63) is 0 Å². The fourth-order valence-electron chi connectivity index (χ4n) is 3.14. The smallest absolute Gasteiger partial charge is 0.326 e. The Bertz CT molecular complexity index is 803. The molecule has 5 unspecified atom stereocenters. The van der Waals surface area contributed by atoms with Crippen molar-refractivity contribution in [2.45, 2.75) is 82.1 Å². The number of nitrogens with zero attached hydrogens (tertiary/aromatic N) is 1. The van der Waals surface area contributed by atoms with Gasteiger partial charge in [0.05, 0.1) is 12.1 Å². The highest BCUT2D eigenvalue weighted by Crippen LogP contribution is 2.06. The number of carboxylic acids is 2. The Kier molecular flexibility index (Phi) is 16.2. The molecule has 0 saturated heterocycles. The van der Waals surface area contributed by atoms with E-state index in [9.17, 15) is 34.2 Å². The van der Waals surface area contributed by atoms with Crippen molar-refractivity contribution in [3.63, 3.8) is 0 Å². The number of aliphatic hydroxyl groups is 1. The van der Waals surface area contributed by atoms with E-state index in [1.165, 1.54) is 6.92 Å². The third-order valence-corrected chi connectivity index (χ3v) is 5.21. The van der Waals surface area contributed by atoms with Crippen molar-refractivity contribution in [2.75, 3.05) is 13.1 Å². The van der Waals surface area contributed by atoms with E-state index in [4.69, 9.17) is 28.0 Å². The van der Waals surface area contributed by atoms with Crippen molar-refractivity contribution in [1.29, 1.82) is 0 Å². The van der Waals surface area contributed by atoms with E-state index in [0.717, 1.165) is 0 Å². The van der Waals surface area contributed by atoms with Gasteiger partial charge >= 0.3 is 11.9 Å². The molecule has 0 fully saturated rings. The molecule has 0 spiro atoms. The number of amides is 3. The lowest BCUT2D eigenvalue weighted by Gasteiger charge is -2.26. The van der Waals surface area contributed by atoms with Gasteiger partial charge in [-0.2, -0.15) is 0 Å². The lowest BCUT2D eigenvalue weighted by Crippen LogP contribution is -2.59. The van der Waals surface area contributed by atoms with Gasteiger partial charge in [0.2, 0.25) is 17.7 Å². The molecule has 0 rings (SSSR count). The van der Waals surface area contributed by atoms with Gasteiger partial charge in [-0.05, 0) is 52.0 Å². The highest BCUT2D eigenvalue weighted by Gasteiger charge is 2.32. The Morgan fingerprint density at radius 3 is 1.97 bits per heavy atom. The molecule has 0 saturated carbocycles. The van der Waals surface area contributed by atoms with Crippen LogP contribution in [0.25, 0.3) is 0 Å². The summed E-state index contributed by atoms with van der Waals surface area (Å²) >= 11 is 0. The molecule has 0 aliphatic rings. The number of aliphatic imine (C=N–C) groups is 1. The van der Waals surface area contributed by atoms with Crippen LogP contribution in [0.1, 0.15) is 51.9 Å². The third kappa shape index (κ3) is 14.6.